The average molecular weight is 313 g/mol. The molecule has 0 amide bonds. The standard InChI is InChI=1S/C15H17ClOS2/c1-11(4-5-12(2)17)15(10-18-3)19-14-8-6-13(16)7-9-14/h4,6-10H,5H2,1-3H3/b11-4+,15-10+. The van der Waals surface area contributed by atoms with Gasteiger partial charge in [-0.25, -0.2) is 0 Å². The molecule has 1 aromatic rings. The van der Waals surface area contributed by atoms with Gasteiger partial charge >= 0.3 is 0 Å². The molecule has 1 nitrogen and oxygen atoms in total. The number of rotatable bonds is 6. The van der Waals surface area contributed by atoms with E-state index >= 15 is 0 Å². The van der Waals surface area contributed by atoms with Crippen molar-refractivity contribution in [2.24, 2.45) is 0 Å². The van der Waals surface area contributed by atoms with Crippen LogP contribution in [-0.4, -0.2) is 12.0 Å². The van der Waals surface area contributed by atoms with Gasteiger partial charge in [0.1, 0.15) is 5.78 Å². The summed E-state index contributed by atoms with van der Waals surface area (Å²) in [4.78, 5) is 13.3. The topological polar surface area (TPSA) is 17.1 Å². The average Bonchev–Trinajstić information content (AvgIpc) is 2.38. The Labute approximate surface area is 128 Å². The molecule has 0 aliphatic carbocycles. The second kappa shape index (κ2) is 8.51. The lowest BCUT2D eigenvalue weighted by molar-refractivity contribution is -0.116. The number of hydrogen-bond acceptors (Lipinski definition) is 3. The van der Waals surface area contributed by atoms with Gasteiger partial charge in [-0.2, -0.15) is 0 Å². The molecule has 0 fully saturated rings. The SMILES string of the molecule is CS/C=C(Sc1ccc(Cl)cc1)\C(C)=C\CC(C)=O. The van der Waals surface area contributed by atoms with Gasteiger partial charge in [0.15, 0.2) is 0 Å². The molecule has 0 aliphatic heterocycles. The molecular weight excluding hydrogens is 296 g/mol. The van der Waals surface area contributed by atoms with Gasteiger partial charge < -0.3 is 0 Å². The summed E-state index contributed by atoms with van der Waals surface area (Å²) in [5.74, 6) is 0.180. The number of ketones is 1. The molecule has 19 heavy (non-hydrogen) atoms. The first kappa shape index (κ1) is 16.4. The molecular formula is C15H17ClOS2. The Hall–Kier alpha value is -0.640. The smallest absolute Gasteiger partial charge is 0.133 e. The van der Waals surface area contributed by atoms with Gasteiger partial charge in [0, 0.05) is 21.2 Å². The molecule has 0 spiro atoms. The van der Waals surface area contributed by atoms with E-state index in [-0.39, 0.29) is 5.78 Å². The zero-order valence-corrected chi connectivity index (χ0v) is 13.7. The van der Waals surface area contributed by atoms with Crippen molar-refractivity contribution in [2.45, 2.75) is 25.2 Å². The lowest BCUT2D eigenvalue weighted by Gasteiger charge is -2.08. The summed E-state index contributed by atoms with van der Waals surface area (Å²) in [6.07, 6.45) is 4.49. The molecule has 102 valence electrons. The maximum atomic E-state index is 11.0. The maximum absolute atomic E-state index is 11.0. The highest BCUT2D eigenvalue weighted by atomic mass is 35.5. The Balaban J connectivity index is 2.84. The molecule has 1 rings (SSSR count). The van der Waals surface area contributed by atoms with Gasteiger partial charge in [-0.3, -0.25) is 4.79 Å². The Morgan fingerprint density at radius 1 is 1.26 bits per heavy atom. The fourth-order valence-corrected chi connectivity index (χ4v) is 3.11. The predicted molar refractivity (Wildman–Crippen MR) is 88.0 cm³/mol. The largest absolute Gasteiger partial charge is 0.300 e. The fraction of sp³-hybridized carbons (Fsp3) is 0.267. The summed E-state index contributed by atoms with van der Waals surface area (Å²) in [7, 11) is 0. The van der Waals surface area contributed by atoms with Gasteiger partial charge in [-0.15, -0.1) is 11.8 Å². The Morgan fingerprint density at radius 2 is 1.89 bits per heavy atom. The third-order valence-electron chi connectivity index (χ3n) is 2.35. The molecule has 1 aromatic carbocycles. The molecule has 0 N–H and O–H groups in total. The van der Waals surface area contributed by atoms with Crippen LogP contribution in [0.3, 0.4) is 0 Å². The molecule has 0 atom stereocenters. The normalized spacial score (nSPS) is 12.6. The highest BCUT2D eigenvalue weighted by molar-refractivity contribution is 8.06. The van der Waals surface area contributed by atoms with Crippen LogP contribution in [0.5, 0.6) is 0 Å². The summed E-state index contributed by atoms with van der Waals surface area (Å²) in [6, 6.07) is 7.77. The summed E-state index contributed by atoms with van der Waals surface area (Å²) < 4.78 is 0. The van der Waals surface area contributed by atoms with E-state index in [0.717, 1.165) is 20.4 Å². The van der Waals surface area contributed by atoms with E-state index in [1.807, 2.05) is 43.5 Å². The molecule has 0 saturated carbocycles. The van der Waals surface area contributed by atoms with Crippen LogP contribution >= 0.6 is 35.1 Å². The Morgan fingerprint density at radius 3 is 2.42 bits per heavy atom. The van der Waals surface area contributed by atoms with Gasteiger partial charge in [0.25, 0.3) is 0 Å². The molecule has 0 saturated heterocycles. The first-order chi connectivity index (χ1) is 9.02. The molecule has 0 aliphatic rings. The molecule has 0 bridgehead atoms. The van der Waals surface area contributed by atoms with E-state index in [9.17, 15) is 4.79 Å². The zero-order valence-electron chi connectivity index (χ0n) is 11.3. The molecule has 0 aromatic heterocycles. The number of halogens is 1. The third-order valence-corrected chi connectivity index (χ3v) is 4.39. The third kappa shape index (κ3) is 6.37. The van der Waals surface area contributed by atoms with Crippen LogP contribution in [0.2, 0.25) is 5.02 Å². The number of benzene rings is 1. The van der Waals surface area contributed by atoms with Crippen molar-refractivity contribution in [3.63, 3.8) is 0 Å². The van der Waals surface area contributed by atoms with Crippen LogP contribution in [0, 0.1) is 0 Å². The molecule has 0 radical (unpaired) electrons. The second-order valence-electron chi connectivity index (χ2n) is 4.07. The minimum absolute atomic E-state index is 0.180. The Kier molecular flexibility index (Phi) is 7.36. The lowest BCUT2D eigenvalue weighted by Crippen LogP contribution is -1.88. The number of carbonyl (C=O) groups is 1. The van der Waals surface area contributed by atoms with E-state index in [4.69, 9.17) is 11.6 Å². The number of thioether (sulfide) groups is 2. The van der Waals surface area contributed by atoms with Crippen molar-refractivity contribution in [3.05, 3.63) is 51.3 Å². The van der Waals surface area contributed by atoms with E-state index in [1.165, 1.54) is 0 Å². The lowest BCUT2D eigenvalue weighted by atomic mass is 10.2. The first-order valence-electron chi connectivity index (χ1n) is 5.86. The van der Waals surface area contributed by atoms with Crippen LogP contribution in [0.25, 0.3) is 0 Å². The van der Waals surface area contributed by atoms with Crippen LogP contribution in [0.15, 0.2) is 51.1 Å². The number of allylic oxidation sites excluding steroid dienone is 2. The van der Waals surface area contributed by atoms with Crippen LogP contribution in [0.4, 0.5) is 0 Å². The van der Waals surface area contributed by atoms with Gasteiger partial charge in [0.2, 0.25) is 0 Å². The van der Waals surface area contributed by atoms with E-state index in [0.29, 0.717) is 6.42 Å². The molecule has 0 unspecified atom stereocenters. The van der Waals surface area contributed by atoms with Crippen LogP contribution < -0.4 is 0 Å². The minimum atomic E-state index is 0.180. The van der Waals surface area contributed by atoms with Crippen molar-refractivity contribution < 1.29 is 4.79 Å². The summed E-state index contributed by atoms with van der Waals surface area (Å²) in [5, 5.41) is 2.84. The van der Waals surface area contributed by atoms with Crippen LogP contribution in [0.1, 0.15) is 20.3 Å². The molecule has 4 heteroatoms. The molecule has 0 heterocycles. The summed E-state index contributed by atoms with van der Waals surface area (Å²) in [6.45, 7) is 3.64. The van der Waals surface area contributed by atoms with Crippen molar-refractivity contribution in [1.82, 2.24) is 0 Å². The predicted octanol–water partition coefficient (Wildman–Crippen LogP) is 5.56. The van der Waals surface area contributed by atoms with Gasteiger partial charge in [0.05, 0.1) is 0 Å². The fourth-order valence-electron chi connectivity index (χ4n) is 1.33. The van der Waals surface area contributed by atoms with Crippen LogP contribution in [-0.2, 0) is 4.79 Å². The monoisotopic (exact) mass is 312 g/mol. The van der Waals surface area contributed by atoms with Crippen molar-refractivity contribution in [2.75, 3.05) is 6.26 Å². The van der Waals surface area contributed by atoms with E-state index in [2.05, 4.69) is 5.41 Å². The summed E-state index contributed by atoms with van der Waals surface area (Å²) in [5.41, 5.74) is 1.13. The first-order valence-corrected chi connectivity index (χ1v) is 8.34. The number of Topliss-reactive ketones (excluding diaryl/α,β-unsaturated/α-hetero) is 1. The highest BCUT2D eigenvalue weighted by Crippen LogP contribution is 2.33. The number of carbonyl (C=O) groups excluding carboxylic acids is 1. The van der Waals surface area contributed by atoms with Gasteiger partial charge in [-0.1, -0.05) is 29.4 Å². The van der Waals surface area contributed by atoms with Crippen molar-refractivity contribution in [3.8, 4) is 0 Å². The minimum Gasteiger partial charge on any atom is -0.300 e. The van der Waals surface area contributed by atoms with Crippen molar-refractivity contribution in [1.29, 1.82) is 0 Å². The summed E-state index contributed by atoms with van der Waals surface area (Å²) >= 11 is 9.22. The van der Waals surface area contributed by atoms with Crippen molar-refractivity contribution >= 4 is 40.9 Å². The van der Waals surface area contributed by atoms with Gasteiger partial charge in [-0.05, 0) is 55.3 Å². The van der Waals surface area contributed by atoms with E-state index in [1.54, 1.807) is 30.4 Å². The number of hydrogen-bond donors (Lipinski definition) is 0. The van der Waals surface area contributed by atoms with E-state index < -0.39 is 0 Å². The zero-order chi connectivity index (χ0) is 14.3. The quantitative estimate of drug-likeness (QED) is 0.505. The Bertz CT molecular complexity index is 489. The maximum Gasteiger partial charge on any atom is 0.133 e. The highest BCUT2D eigenvalue weighted by Gasteiger charge is 2.04. The second-order valence-corrected chi connectivity index (χ2v) is 6.33.